The molecule has 0 radical (unpaired) electrons. The summed E-state index contributed by atoms with van der Waals surface area (Å²) in [5.74, 6) is -1.17. The fourth-order valence-corrected chi connectivity index (χ4v) is 3.31. The first-order valence-electron chi connectivity index (χ1n) is 7.64. The molecule has 1 aromatic heterocycles. The quantitative estimate of drug-likeness (QED) is 0.612. The summed E-state index contributed by atoms with van der Waals surface area (Å²) in [5, 5.41) is 6.77. The van der Waals surface area contributed by atoms with Crippen molar-refractivity contribution in [3.63, 3.8) is 0 Å². The van der Waals surface area contributed by atoms with Gasteiger partial charge in [0.2, 0.25) is 0 Å². The molecule has 0 spiro atoms. The van der Waals surface area contributed by atoms with Crippen LogP contribution in [0.4, 0.5) is 15.8 Å². The van der Waals surface area contributed by atoms with Crippen molar-refractivity contribution in [3.05, 3.63) is 70.4 Å². The van der Waals surface area contributed by atoms with E-state index in [-0.39, 0.29) is 10.7 Å². The first kappa shape index (κ1) is 17.9. The number of nitrogens with two attached hydrogens (primary N) is 1. The molecule has 3 rings (SSSR count). The van der Waals surface area contributed by atoms with E-state index in [1.165, 1.54) is 0 Å². The van der Waals surface area contributed by atoms with Gasteiger partial charge in [0, 0.05) is 5.69 Å². The predicted molar refractivity (Wildman–Crippen MR) is 104 cm³/mol. The Morgan fingerprint density at radius 1 is 1.12 bits per heavy atom. The normalized spacial score (nSPS) is 10.4. The Morgan fingerprint density at radius 2 is 1.81 bits per heavy atom. The molecule has 0 aliphatic heterocycles. The monoisotopic (exact) mass is 386 g/mol. The van der Waals surface area contributed by atoms with Gasteiger partial charge in [0.05, 0.1) is 10.6 Å². The molecule has 26 heavy (non-hydrogen) atoms. The molecule has 0 aliphatic rings. The van der Waals surface area contributed by atoms with Crippen molar-refractivity contribution in [2.45, 2.75) is 6.92 Å². The molecule has 4 N–H and O–H groups in total. The highest BCUT2D eigenvalue weighted by Gasteiger charge is 2.19. The summed E-state index contributed by atoms with van der Waals surface area (Å²) < 4.78 is 0. The van der Waals surface area contributed by atoms with Gasteiger partial charge in [-0.3, -0.25) is 9.59 Å². The summed E-state index contributed by atoms with van der Waals surface area (Å²) in [6, 6.07) is 14.3. The van der Waals surface area contributed by atoms with Crippen molar-refractivity contribution in [3.8, 4) is 0 Å². The summed E-state index contributed by atoms with van der Waals surface area (Å²) in [7, 11) is 0. The number of aryl methyl sites for hydroxylation is 1. The van der Waals surface area contributed by atoms with Crippen LogP contribution in [0.3, 0.4) is 0 Å². The van der Waals surface area contributed by atoms with Crippen LogP contribution in [0.2, 0.25) is 5.02 Å². The third-order valence-electron chi connectivity index (χ3n) is 3.51. The maximum Gasteiger partial charge on any atom is 0.270 e. The molecule has 0 saturated heterocycles. The number of amides is 2. The molecule has 0 aliphatic carbocycles. The maximum atomic E-state index is 12.4. The molecule has 8 heteroatoms. The topological polar surface area (TPSA) is 97.1 Å². The van der Waals surface area contributed by atoms with E-state index in [0.29, 0.717) is 15.7 Å². The van der Waals surface area contributed by atoms with Gasteiger partial charge in [-0.15, -0.1) is 0 Å². The molecule has 2 amide bonds. The Hall–Kier alpha value is -2.90. The number of nitrogens with zero attached hydrogens (tertiary/aromatic N) is 1. The second-order valence-corrected chi connectivity index (χ2v) is 6.89. The lowest BCUT2D eigenvalue weighted by atomic mass is 10.2. The van der Waals surface area contributed by atoms with Crippen LogP contribution < -0.4 is 16.4 Å². The van der Waals surface area contributed by atoms with Crippen molar-refractivity contribution in [1.82, 2.24) is 4.98 Å². The molecule has 0 bridgehead atoms. The average Bonchev–Trinajstić information content (AvgIpc) is 3.00. The van der Waals surface area contributed by atoms with Crippen LogP contribution in [-0.4, -0.2) is 16.8 Å². The van der Waals surface area contributed by atoms with Gasteiger partial charge in [-0.05, 0) is 31.2 Å². The average molecular weight is 387 g/mol. The molecule has 1 heterocycles. The zero-order valence-electron chi connectivity index (χ0n) is 13.7. The van der Waals surface area contributed by atoms with E-state index in [9.17, 15) is 9.59 Å². The zero-order chi connectivity index (χ0) is 18.7. The summed E-state index contributed by atoms with van der Waals surface area (Å²) in [6.07, 6.45) is 0. The number of carbonyl (C=O) groups is 2. The number of halogens is 1. The fraction of sp³-hybridized carbons (Fsp3) is 0.0556. The third-order valence-corrected chi connectivity index (χ3v) is 4.72. The zero-order valence-corrected chi connectivity index (χ0v) is 15.3. The largest absolute Gasteiger partial charge is 0.364 e. The summed E-state index contributed by atoms with van der Waals surface area (Å²) >= 11 is 7.15. The minimum Gasteiger partial charge on any atom is -0.364 e. The van der Waals surface area contributed by atoms with Crippen LogP contribution in [0.5, 0.6) is 0 Å². The molecule has 2 aromatic carbocycles. The van der Waals surface area contributed by atoms with E-state index < -0.39 is 11.8 Å². The minimum absolute atomic E-state index is 0.00925. The Bertz CT molecular complexity index is 970. The number of aromatic nitrogens is 1. The van der Waals surface area contributed by atoms with E-state index in [1.54, 1.807) is 24.3 Å². The van der Waals surface area contributed by atoms with Gasteiger partial charge in [0.1, 0.15) is 5.00 Å². The molecular formula is C18H15ClN4O2S. The standard InChI is InChI=1S/C18H15ClN4O2S/c1-10-6-8-11(9-7-10)21-18-22-14(15(20)24)17(26-18)23-16(25)12-4-2-3-5-13(12)19/h2-9H,1H3,(H2,20,24)(H,21,22)(H,23,25). The van der Waals surface area contributed by atoms with E-state index >= 15 is 0 Å². The second kappa shape index (κ2) is 7.55. The van der Waals surface area contributed by atoms with E-state index in [4.69, 9.17) is 17.3 Å². The number of benzene rings is 2. The maximum absolute atomic E-state index is 12.4. The smallest absolute Gasteiger partial charge is 0.270 e. The highest BCUT2D eigenvalue weighted by atomic mass is 35.5. The van der Waals surface area contributed by atoms with Crippen molar-refractivity contribution in [2.24, 2.45) is 5.73 Å². The molecule has 3 aromatic rings. The van der Waals surface area contributed by atoms with Crippen LogP contribution in [0, 0.1) is 6.92 Å². The van der Waals surface area contributed by atoms with Crippen molar-refractivity contribution >= 4 is 50.6 Å². The van der Waals surface area contributed by atoms with Crippen LogP contribution >= 0.6 is 22.9 Å². The first-order valence-corrected chi connectivity index (χ1v) is 8.83. The first-order chi connectivity index (χ1) is 12.4. The highest BCUT2D eigenvalue weighted by molar-refractivity contribution is 7.20. The molecule has 132 valence electrons. The molecule has 6 nitrogen and oxygen atoms in total. The van der Waals surface area contributed by atoms with Gasteiger partial charge in [-0.25, -0.2) is 4.98 Å². The van der Waals surface area contributed by atoms with Gasteiger partial charge in [0.25, 0.3) is 11.8 Å². The third kappa shape index (κ3) is 4.01. The summed E-state index contributed by atoms with van der Waals surface area (Å²) in [6.45, 7) is 1.99. The highest BCUT2D eigenvalue weighted by Crippen LogP contribution is 2.31. The number of anilines is 3. The number of thiazole rings is 1. The number of nitrogens with one attached hydrogen (secondary N) is 2. The van der Waals surface area contributed by atoms with Gasteiger partial charge >= 0.3 is 0 Å². The van der Waals surface area contributed by atoms with E-state index in [0.717, 1.165) is 22.6 Å². The van der Waals surface area contributed by atoms with Gasteiger partial charge in [0.15, 0.2) is 10.8 Å². The molecule has 0 saturated carbocycles. The summed E-state index contributed by atoms with van der Waals surface area (Å²) in [5.41, 5.74) is 7.61. The minimum atomic E-state index is -0.729. The fourth-order valence-electron chi connectivity index (χ4n) is 2.20. The Balaban J connectivity index is 1.85. The van der Waals surface area contributed by atoms with Crippen LogP contribution in [0.25, 0.3) is 0 Å². The van der Waals surface area contributed by atoms with Gasteiger partial charge in [-0.1, -0.05) is 52.8 Å². The van der Waals surface area contributed by atoms with Crippen LogP contribution in [-0.2, 0) is 0 Å². The lowest BCUT2D eigenvalue weighted by Crippen LogP contribution is -2.17. The SMILES string of the molecule is Cc1ccc(Nc2nc(C(N)=O)c(NC(=O)c3ccccc3Cl)s2)cc1. The Kier molecular flexibility index (Phi) is 5.20. The van der Waals surface area contributed by atoms with Crippen LogP contribution in [0.15, 0.2) is 48.5 Å². The second-order valence-electron chi connectivity index (χ2n) is 5.49. The predicted octanol–water partition coefficient (Wildman–Crippen LogP) is 4.20. The number of rotatable bonds is 5. The van der Waals surface area contributed by atoms with Gasteiger partial charge in [-0.2, -0.15) is 0 Å². The van der Waals surface area contributed by atoms with E-state index in [2.05, 4.69) is 15.6 Å². The van der Waals surface area contributed by atoms with Crippen molar-refractivity contribution in [2.75, 3.05) is 10.6 Å². The molecule has 0 fully saturated rings. The van der Waals surface area contributed by atoms with E-state index in [1.807, 2.05) is 31.2 Å². The molecule has 0 unspecified atom stereocenters. The van der Waals surface area contributed by atoms with Crippen LogP contribution in [0.1, 0.15) is 26.4 Å². The Labute approximate surface area is 159 Å². The molecule has 0 atom stereocenters. The van der Waals surface area contributed by atoms with Crippen molar-refractivity contribution in [1.29, 1.82) is 0 Å². The summed E-state index contributed by atoms with van der Waals surface area (Å²) in [4.78, 5) is 28.3. The number of hydrogen-bond acceptors (Lipinski definition) is 5. The van der Waals surface area contributed by atoms with Crippen molar-refractivity contribution < 1.29 is 9.59 Å². The number of hydrogen-bond donors (Lipinski definition) is 3. The number of primary amides is 1. The lowest BCUT2D eigenvalue weighted by Gasteiger charge is -2.05. The molecular weight excluding hydrogens is 372 g/mol. The lowest BCUT2D eigenvalue weighted by molar-refractivity contribution is 0.0997. The number of carbonyl (C=O) groups excluding carboxylic acids is 2. The van der Waals surface area contributed by atoms with Gasteiger partial charge < -0.3 is 16.4 Å². The Morgan fingerprint density at radius 3 is 2.46 bits per heavy atom.